The Morgan fingerprint density at radius 1 is 0.846 bits per heavy atom. The van der Waals surface area contributed by atoms with Crippen molar-refractivity contribution in [3.05, 3.63) is 47.6 Å². The van der Waals surface area contributed by atoms with Crippen LogP contribution in [0.25, 0.3) is 0 Å². The summed E-state index contributed by atoms with van der Waals surface area (Å²) in [5.74, 6) is -7.96. The molecule has 1 saturated carbocycles. The lowest BCUT2D eigenvalue weighted by Gasteiger charge is -2.42. The van der Waals surface area contributed by atoms with E-state index in [2.05, 4.69) is 0 Å². The van der Waals surface area contributed by atoms with Crippen LogP contribution in [0.4, 0.5) is 0 Å². The molecule has 3 N–H and O–H groups in total. The highest BCUT2D eigenvalue weighted by Gasteiger charge is 2.53. The van der Waals surface area contributed by atoms with Crippen LogP contribution >= 0.6 is 0 Å². The van der Waals surface area contributed by atoms with Gasteiger partial charge in [-0.3, -0.25) is 19.2 Å². The van der Waals surface area contributed by atoms with E-state index in [1.165, 1.54) is 12.0 Å². The van der Waals surface area contributed by atoms with Gasteiger partial charge in [-0.05, 0) is 107 Å². The summed E-state index contributed by atoms with van der Waals surface area (Å²) in [5.41, 5.74) is 1.27. The highest BCUT2D eigenvalue weighted by Crippen LogP contribution is 2.38. The number of fused-ring (bicyclic) bond motifs is 3. The molecule has 3 aliphatic heterocycles. The number of hydrogen-bond donors (Lipinski definition) is 3. The second kappa shape index (κ2) is 25.1. The SMILES string of the molecule is CO[C@H]1C[C@@H]2CC[C@@H](C)[C@@](O)(O2)C(=O)C(=O)N2CCCC[C@H]2C(=O)O[C@H]([C@H](C)C[C@@H]2CC[C@@H](O)[C@H](OC)C2)CC(=O)[C@H](C)/C=C(/C)[C@@H](O)[C@@H](OC)C(=O)[C@H](C)C[C@H](C)/C=C\C=CC=C1C. The highest BCUT2D eigenvalue weighted by atomic mass is 16.6. The summed E-state index contributed by atoms with van der Waals surface area (Å²) in [5, 5.41) is 33.8. The van der Waals surface area contributed by atoms with Gasteiger partial charge in [-0.2, -0.15) is 0 Å². The molecule has 2 saturated heterocycles. The normalized spacial score (nSPS) is 39.1. The monoisotopic (exact) mass is 914 g/mol. The maximum absolute atomic E-state index is 14.4. The maximum Gasteiger partial charge on any atom is 0.329 e. The fourth-order valence-corrected chi connectivity index (χ4v) is 10.1. The summed E-state index contributed by atoms with van der Waals surface area (Å²) >= 11 is 0. The minimum absolute atomic E-state index is 0.0193. The number of rotatable bonds is 6. The number of amides is 1. The molecule has 14 heteroatoms. The van der Waals surface area contributed by atoms with Crippen molar-refractivity contribution in [2.75, 3.05) is 27.9 Å². The topological polar surface area (TPSA) is 195 Å². The van der Waals surface area contributed by atoms with Gasteiger partial charge in [0.25, 0.3) is 11.7 Å². The number of carbonyl (C=O) groups is 5. The van der Waals surface area contributed by atoms with Crippen LogP contribution in [0.15, 0.2) is 47.6 Å². The average Bonchev–Trinajstić information content (AvgIpc) is 3.28. The largest absolute Gasteiger partial charge is 0.460 e. The molecule has 0 unspecified atom stereocenters. The van der Waals surface area contributed by atoms with E-state index in [1.54, 1.807) is 41.1 Å². The summed E-state index contributed by atoms with van der Waals surface area (Å²) in [6, 6.07) is -1.14. The Hall–Kier alpha value is -3.37. The van der Waals surface area contributed by atoms with E-state index in [-0.39, 0.29) is 54.8 Å². The van der Waals surface area contributed by atoms with E-state index in [4.69, 9.17) is 23.7 Å². The number of hydrogen-bond acceptors (Lipinski definition) is 13. The summed E-state index contributed by atoms with van der Waals surface area (Å²) in [4.78, 5) is 71.8. The number of esters is 1. The molecule has 366 valence electrons. The molecule has 1 aliphatic carbocycles. The molecule has 2 bridgehead atoms. The molecule has 14 nitrogen and oxygen atoms in total. The predicted molar refractivity (Wildman–Crippen MR) is 245 cm³/mol. The molecule has 0 spiro atoms. The zero-order valence-corrected chi connectivity index (χ0v) is 40.6. The van der Waals surface area contributed by atoms with E-state index in [9.17, 15) is 39.3 Å². The second-order valence-electron chi connectivity index (χ2n) is 19.6. The van der Waals surface area contributed by atoms with Crippen molar-refractivity contribution in [2.45, 2.75) is 180 Å². The van der Waals surface area contributed by atoms with Crippen LogP contribution in [0.2, 0.25) is 0 Å². The summed E-state index contributed by atoms with van der Waals surface area (Å²) in [6.07, 6.45) is 11.2. The predicted octanol–water partition coefficient (Wildman–Crippen LogP) is 6.18. The molecule has 0 aromatic carbocycles. The van der Waals surface area contributed by atoms with Crippen molar-refractivity contribution < 1.29 is 63.0 Å². The van der Waals surface area contributed by atoms with Crippen molar-refractivity contribution in [1.82, 2.24) is 4.90 Å². The third-order valence-corrected chi connectivity index (χ3v) is 14.5. The summed E-state index contributed by atoms with van der Waals surface area (Å²) in [7, 11) is 4.52. The quantitative estimate of drug-likeness (QED) is 0.156. The van der Waals surface area contributed by atoms with Crippen LogP contribution in [-0.4, -0.2) is 132 Å². The average molecular weight is 914 g/mol. The van der Waals surface area contributed by atoms with Gasteiger partial charge in [0, 0.05) is 58.5 Å². The van der Waals surface area contributed by atoms with Gasteiger partial charge < -0.3 is 43.9 Å². The van der Waals surface area contributed by atoms with E-state index >= 15 is 0 Å². The number of methoxy groups -OCH3 is 3. The van der Waals surface area contributed by atoms with Gasteiger partial charge >= 0.3 is 5.97 Å². The fourth-order valence-electron chi connectivity index (χ4n) is 10.1. The van der Waals surface area contributed by atoms with Gasteiger partial charge in [0.1, 0.15) is 30.1 Å². The van der Waals surface area contributed by atoms with Crippen LogP contribution in [0.5, 0.6) is 0 Å². The van der Waals surface area contributed by atoms with Crippen molar-refractivity contribution in [1.29, 1.82) is 0 Å². The number of cyclic esters (lactones) is 1. The first-order chi connectivity index (χ1) is 30.7. The van der Waals surface area contributed by atoms with Crippen LogP contribution in [0, 0.1) is 35.5 Å². The van der Waals surface area contributed by atoms with Crippen molar-refractivity contribution in [2.24, 2.45) is 35.5 Å². The van der Waals surface area contributed by atoms with Gasteiger partial charge in [0.05, 0.1) is 24.4 Å². The molecule has 0 aromatic rings. The molecule has 4 aliphatic rings. The van der Waals surface area contributed by atoms with Crippen LogP contribution in [-0.2, 0) is 47.7 Å². The van der Waals surface area contributed by atoms with Crippen LogP contribution < -0.4 is 0 Å². The zero-order valence-electron chi connectivity index (χ0n) is 40.6. The number of Topliss-reactive ketones (excluding diaryl/α,β-unsaturated/α-hetero) is 3. The molecule has 0 radical (unpaired) electrons. The first-order valence-electron chi connectivity index (χ1n) is 23.9. The van der Waals surface area contributed by atoms with Gasteiger partial charge in [-0.15, -0.1) is 0 Å². The molecular weight excluding hydrogens is 835 g/mol. The molecular formula is C51H79NO13. The number of nitrogens with zero attached hydrogens (tertiary/aromatic N) is 1. The smallest absolute Gasteiger partial charge is 0.329 e. The number of aliphatic hydroxyl groups is 3. The summed E-state index contributed by atoms with van der Waals surface area (Å²) in [6.45, 7) is 12.7. The fraction of sp³-hybridized carbons (Fsp3) is 0.745. The van der Waals surface area contributed by atoms with E-state index in [0.29, 0.717) is 63.4 Å². The first kappa shape index (κ1) is 54.2. The number of ether oxygens (including phenoxy) is 5. The Labute approximate surface area is 387 Å². The van der Waals surface area contributed by atoms with Crippen molar-refractivity contribution >= 4 is 29.2 Å². The molecule has 1 amide bonds. The minimum atomic E-state index is -2.43. The van der Waals surface area contributed by atoms with Crippen LogP contribution in [0.3, 0.4) is 0 Å². The molecule has 3 heterocycles. The number of carbonyl (C=O) groups excluding carboxylic acids is 5. The Kier molecular flexibility index (Phi) is 21.0. The van der Waals surface area contributed by atoms with Crippen molar-refractivity contribution in [3.63, 3.8) is 0 Å². The number of aliphatic hydroxyl groups excluding tert-OH is 2. The number of allylic oxidation sites excluding steroid dienone is 6. The zero-order chi connectivity index (χ0) is 48.2. The Morgan fingerprint density at radius 2 is 1.57 bits per heavy atom. The Balaban J connectivity index is 1.70. The molecule has 3 fully saturated rings. The molecule has 15 atom stereocenters. The minimum Gasteiger partial charge on any atom is -0.460 e. The number of piperidine rings is 1. The molecule has 0 aromatic heterocycles. The van der Waals surface area contributed by atoms with Crippen LogP contribution in [0.1, 0.15) is 126 Å². The van der Waals surface area contributed by atoms with E-state index in [1.807, 2.05) is 58.1 Å². The molecule has 4 rings (SSSR count). The Morgan fingerprint density at radius 3 is 2.25 bits per heavy atom. The van der Waals surface area contributed by atoms with Crippen molar-refractivity contribution in [3.8, 4) is 0 Å². The van der Waals surface area contributed by atoms with E-state index < -0.39 is 83.9 Å². The molecule has 65 heavy (non-hydrogen) atoms. The van der Waals surface area contributed by atoms with Gasteiger partial charge in [0.2, 0.25) is 5.79 Å². The summed E-state index contributed by atoms with van der Waals surface area (Å²) < 4.78 is 29.4. The maximum atomic E-state index is 14.4. The first-order valence-corrected chi connectivity index (χ1v) is 23.9. The lowest BCUT2D eigenvalue weighted by atomic mass is 9.78. The van der Waals surface area contributed by atoms with Gasteiger partial charge in [-0.25, -0.2) is 4.79 Å². The lowest BCUT2D eigenvalue weighted by molar-refractivity contribution is -0.265. The highest BCUT2D eigenvalue weighted by molar-refractivity contribution is 6.39. The Bertz CT molecular complexity index is 1760. The lowest BCUT2D eigenvalue weighted by Crippen LogP contribution is -2.61. The standard InChI is InChI=1S/C51H79NO13/c1-30-16-12-11-13-17-31(2)42(61-8)28-38-21-19-36(7)51(60,65-38)48(57)49(58)52-23-15-14-18-39(52)50(59)64-43(33(4)26-37-20-22-40(53)44(27-37)62-9)29-41(54)32(3)25-35(6)46(56)47(63-10)45(55)34(5)24-30/h11-13,16-17,25,30,32-34,36-40,42-44,46-47,53,56,60H,14-15,18-24,26-29H2,1-10H3/b13-11?,16-12-,31-17?,35-25-/t30-,32-,33-,34-,36-,37+,38+,39+,40-,42+,43+,44-,46-,47+,51-/m1/s1. The third kappa shape index (κ3) is 14.3. The number of ketones is 3. The van der Waals surface area contributed by atoms with Gasteiger partial charge in [-0.1, -0.05) is 71.1 Å². The third-order valence-electron chi connectivity index (χ3n) is 14.5. The van der Waals surface area contributed by atoms with E-state index in [0.717, 1.165) is 12.0 Å². The van der Waals surface area contributed by atoms with Gasteiger partial charge in [0.15, 0.2) is 5.78 Å². The second-order valence-corrected chi connectivity index (χ2v) is 19.6.